The van der Waals surface area contributed by atoms with Crippen molar-refractivity contribution >= 4 is 29.3 Å². The fraction of sp³-hybridized carbons (Fsp3) is 0.250. The van der Waals surface area contributed by atoms with Crippen molar-refractivity contribution in [2.75, 3.05) is 5.75 Å². The van der Waals surface area contributed by atoms with E-state index in [1.807, 2.05) is 41.3 Å². The number of rotatable bonds is 3. The van der Waals surface area contributed by atoms with Crippen LogP contribution in [0.4, 0.5) is 0 Å². The predicted octanol–water partition coefficient (Wildman–Crippen LogP) is 3.90. The normalized spacial score (nSPS) is 18.8. The molecule has 0 bridgehead atoms. The van der Waals surface area contributed by atoms with Gasteiger partial charge in [0, 0.05) is 41.7 Å². The highest BCUT2D eigenvalue weighted by molar-refractivity contribution is 7.99. The molecule has 108 valence electrons. The lowest BCUT2D eigenvalue weighted by Crippen LogP contribution is -2.36. The number of halogens is 1. The quantitative estimate of drug-likeness (QED) is 0.860. The van der Waals surface area contributed by atoms with Crippen LogP contribution in [0.5, 0.6) is 0 Å². The van der Waals surface area contributed by atoms with E-state index in [0.717, 1.165) is 16.9 Å². The molecular formula is C16H15ClN2OS. The smallest absolute Gasteiger partial charge is 0.224 e. The van der Waals surface area contributed by atoms with Gasteiger partial charge in [0.15, 0.2) is 0 Å². The Kier molecular flexibility index (Phi) is 4.46. The van der Waals surface area contributed by atoms with Crippen molar-refractivity contribution in [1.29, 1.82) is 0 Å². The maximum atomic E-state index is 12.3. The fourth-order valence-electron chi connectivity index (χ4n) is 2.41. The number of hydrogen-bond acceptors (Lipinski definition) is 3. The van der Waals surface area contributed by atoms with Gasteiger partial charge >= 0.3 is 0 Å². The molecule has 3 nitrogen and oxygen atoms in total. The highest BCUT2D eigenvalue weighted by Gasteiger charge is 2.30. The number of pyridine rings is 1. The van der Waals surface area contributed by atoms with Crippen LogP contribution in [0.15, 0.2) is 48.8 Å². The summed E-state index contributed by atoms with van der Waals surface area (Å²) in [6.07, 6.45) is 4.08. The van der Waals surface area contributed by atoms with Crippen LogP contribution < -0.4 is 0 Å². The summed E-state index contributed by atoms with van der Waals surface area (Å²) in [5.74, 6) is 1.01. The van der Waals surface area contributed by atoms with E-state index in [1.165, 1.54) is 0 Å². The molecule has 0 radical (unpaired) electrons. The van der Waals surface area contributed by atoms with Gasteiger partial charge in [-0.05, 0) is 23.8 Å². The summed E-state index contributed by atoms with van der Waals surface area (Å²) >= 11 is 8.08. The summed E-state index contributed by atoms with van der Waals surface area (Å²) in [5, 5.41) is 0.692. The molecule has 2 heterocycles. The van der Waals surface area contributed by atoms with Gasteiger partial charge in [0.1, 0.15) is 5.37 Å². The Balaban J connectivity index is 1.90. The Hall–Kier alpha value is -1.52. The van der Waals surface area contributed by atoms with Crippen molar-refractivity contribution in [2.45, 2.75) is 18.3 Å². The lowest BCUT2D eigenvalue weighted by atomic mass is 10.1. The van der Waals surface area contributed by atoms with Crippen LogP contribution in [0.25, 0.3) is 0 Å². The molecule has 1 aromatic heterocycles. The molecule has 0 saturated carbocycles. The van der Waals surface area contributed by atoms with E-state index >= 15 is 0 Å². The number of thioether (sulfide) groups is 1. The van der Waals surface area contributed by atoms with E-state index in [-0.39, 0.29) is 11.3 Å². The van der Waals surface area contributed by atoms with E-state index < -0.39 is 0 Å². The molecule has 1 fully saturated rings. The minimum absolute atomic E-state index is 0.0203. The third kappa shape index (κ3) is 3.22. The van der Waals surface area contributed by atoms with Crippen molar-refractivity contribution in [3.8, 4) is 0 Å². The standard InChI is InChI=1S/C16H15ClN2OS/c17-14-4-2-1-3-13(14)16-19(15(20)7-10-21-16)11-12-5-8-18-9-6-12/h1-6,8-9,16H,7,10-11H2. The van der Waals surface area contributed by atoms with Gasteiger partial charge in [0.25, 0.3) is 0 Å². The molecule has 21 heavy (non-hydrogen) atoms. The van der Waals surface area contributed by atoms with Gasteiger partial charge in [-0.25, -0.2) is 0 Å². The fourth-order valence-corrected chi connectivity index (χ4v) is 3.99. The summed E-state index contributed by atoms with van der Waals surface area (Å²) in [5.41, 5.74) is 2.09. The van der Waals surface area contributed by atoms with E-state index in [0.29, 0.717) is 18.0 Å². The van der Waals surface area contributed by atoms with Crippen molar-refractivity contribution in [3.05, 3.63) is 64.9 Å². The van der Waals surface area contributed by atoms with E-state index in [1.54, 1.807) is 24.2 Å². The molecule has 1 aromatic carbocycles. The van der Waals surface area contributed by atoms with Gasteiger partial charge < -0.3 is 4.90 Å². The Morgan fingerprint density at radius 2 is 2.00 bits per heavy atom. The van der Waals surface area contributed by atoms with E-state index in [4.69, 9.17) is 11.6 Å². The maximum Gasteiger partial charge on any atom is 0.224 e. The molecule has 1 atom stereocenters. The summed E-state index contributed by atoms with van der Waals surface area (Å²) in [6, 6.07) is 11.6. The minimum atomic E-state index is -0.0203. The van der Waals surface area contributed by atoms with Crippen LogP contribution in [0.3, 0.4) is 0 Å². The third-order valence-corrected chi connectivity index (χ3v) is 5.08. The summed E-state index contributed by atoms with van der Waals surface area (Å²) < 4.78 is 0. The van der Waals surface area contributed by atoms with Crippen molar-refractivity contribution < 1.29 is 4.79 Å². The number of carbonyl (C=O) groups is 1. The molecule has 0 aliphatic carbocycles. The number of amides is 1. The summed E-state index contributed by atoms with van der Waals surface area (Å²) in [6.45, 7) is 0.588. The molecule has 1 saturated heterocycles. The van der Waals surface area contributed by atoms with E-state index in [9.17, 15) is 4.79 Å². The SMILES string of the molecule is O=C1CCSC(c2ccccc2Cl)N1Cc1ccncc1. The second-order valence-electron chi connectivity index (χ2n) is 4.87. The van der Waals surface area contributed by atoms with Gasteiger partial charge in [0.2, 0.25) is 5.91 Å². The Labute approximate surface area is 133 Å². The second-order valence-corrected chi connectivity index (χ2v) is 6.47. The van der Waals surface area contributed by atoms with Gasteiger partial charge in [-0.1, -0.05) is 29.8 Å². The predicted molar refractivity (Wildman–Crippen MR) is 86.1 cm³/mol. The molecule has 1 aliphatic heterocycles. The lowest BCUT2D eigenvalue weighted by molar-refractivity contribution is -0.132. The van der Waals surface area contributed by atoms with E-state index in [2.05, 4.69) is 4.98 Å². The molecular weight excluding hydrogens is 304 g/mol. The minimum Gasteiger partial charge on any atom is -0.322 e. The first-order valence-electron chi connectivity index (χ1n) is 6.80. The van der Waals surface area contributed by atoms with Crippen LogP contribution in [0.1, 0.15) is 22.9 Å². The average molecular weight is 319 g/mol. The summed E-state index contributed by atoms with van der Waals surface area (Å²) in [7, 11) is 0. The van der Waals surface area contributed by atoms with Crippen LogP contribution in [0.2, 0.25) is 5.02 Å². The van der Waals surface area contributed by atoms with Gasteiger partial charge in [-0.2, -0.15) is 0 Å². The first-order chi connectivity index (χ1) is 10.3. The van der Waals surface area contributed by atoms with Crippen molar-refractivity contribution in [3.63, 3.8) is 0 Å². The largest absolute Gasteiger partial charge is 0.322 e. The van der Waals surface area contributed by atoms with Crippen LogP contribution in [-0.4, -0.2) is 21.5 Å². The molecule has 1 amide bonds. The Morgan fingerprint density at radius 1 is 1.24 bits per heavy atom. The third-order valence-electron chi connectivity index (χ3n) is 3.47. The molecule has 2 aromatic rings. The zero-order chi connectivity index (χ0) is 14.7. The molecule has 1 aliphatic rings. The highest BCUT2D eigenvalue weighted by atomic mass is 35.5. The number of nitrogens with zero attached hydrogens (tertiary/aromatic N) is 2. The average Bonchev–Trinajstić information content (AvgIpc) is 2.51. The van der Waals surface area contributed by atoms with Crippen LogP contribution in [-0.2, 0) is 11.3 Å². The summed E-state index contributed by atoms with van der Waals surface area (Å²) in [4.78, 5) is 18.3. The van der Waals surface area contributed by atoms with Gasteiger partial charge in [0.05, 0.1) is 0 Å². The first kappa shape index (κ1) is 14.4. The van der Waals surface area contributed by atoms with Crippen molar-refractivity contribution in [2.24, 2.45) is 0 Å². The second kappa shape index (κ2) is 6.50. The maximum absolute atomic E-state index is 12.3. The van der Waals surface area contributed by atoms with Gasteiger partial charge in [-0.15, -0.1) is 11.8 Å². The monoisotopic (exact) mass is 318 g/mol. The molecule has 3 rings (SSSR count). The first-order valence-corrected chi connectivity index (χ1v) is 8.23. The molecule has 0 spiro atoms. The van der Waals surface area contributed by atoms with Gasteiger partial charge in [-0.3, -0.25) is 9.78 Å². The number of benzene rings is 1. The highest BCUT2D eigenvalue weighted by Crippen LogP contribution is 2.40. The number of hydrogen-bond donors (Lipinski definition) is 0. The van der Waals surface area contributed by atoms with Crippen LogP contribution in [0, 0.1) is 0 Å². The molecule has 0 N–H and O–H groups in total. The molecule has 5 heteroatoms. The van der Waals surface area contributed by atoms with Crippen molar-refractivity contribution in [1.82, 2.24) is 9.88 Å². The zero-order valence-electron chi connectivity index (χ0n) is 11.4. The number of carbonyl (C=O) groups excluding carboxylic acids is 1. The van der Waals surface area contributed by atoms with Crippen LogP contribution >= 0.6 is 23.4 Å². The Morgan fingerprint density at radius 3 is 2.76 bits per heavy atom. The Bertz CT molecular complexity index is 635. The zero-order valence-corrected chi connectivity index (χ0v) is 13.0. The number of aromatic nitrogens is 1. The molecule has 1 unspecified atom stereocenters. The lowest BCUT2D eigenvalue weighted by Gasteiger charge is -2.36. The topological polar surface area (TPSA) is 33.2 Å².